The van der Waals surface area contributed by atoms with Gasteiger partial charge in [-0.3, -0.25) is 5.41 Å². The second-order valence-electron chi connectivity index (χ2n) is 3.33. The van der Waals surface area contributed by atoms with Crippen LogP contribution in [-0.4, -0.2) is 26.7 Å². The molecule has 1 aromatic carbocycles. The van der Waals surface area contributed by atoms with Crippen LogP contribution in [0.25, 0.3) is 0 Å². The van der Waals surface area contributed by atoms with Gasteiger partial charge >= 0.3 is 0 Å². The van der Waals surface area contributed by atoms with Crippen molar-refractivity contribution < 1.29 is 14.2 Å². The van der Waals surface area contributed by atoms with Crippen molar-refractivity contribution in [3.63, 3.8) is 0 Å². The molecule has 0 saturated carbocycles. The predicted octanol–water partition coefficient (Wildman–Crippen LogP) is 3.02. The third-order valence-corrected chi connectivity index (χ3v) is 2.96. The zero-order valence-corrected chi connectivity index (χ0v) is 11.8. The molecule has 0 amide bonds. The van der Waals surface area contributed by atoms with Gasteiger partial charge in [-0.05, 0) is 24.6 Å². The Balaban J connectivity index is 2.96. The molecule has 0 fully saturated rings. The zero-order valence-electron chi connectivity index (χ0n) is 10.2. The summed E-state index contributed by atoms with van der Waals surface area (Å²) in [4.78, 5) is 0. The lowest BCUT2D eigenvalue weighted by Crippen LogP contribution is -2.07. The zero-order chi connectivity index (χ0) is 12.8. The Morgan fingerprint density at radius 3 is 2.35 bits per heavy atom. The Hall–Kier alpha value is -1.23. The summed E-state index contributed by atoms with van der Waals surface area (Å²) in [5.41, 5.74) is 0.932. The van der Waals surface area contributed by atoms with Crippen molar-refractivity contribution >= 4 is 21.8 Å². The summed E-state index contributed by atoms with van der Waals surface area (Å²) in [5.74, 6) is 1.54. The predicted molar refractivity (Wildman–Crippen MR) is 70.3 cm³/mol. The van der Waals surface area contributed by atoms with E-state index in [1.807, 2.05) is 19.1 Å². The number of hydrogen-bond acceptors (Lipinski definition) is 4. The molecule has 0 aliphatic carbocycles. The van der Waals surface area contributed by atoms with E-state index in [4.69, 9.17) is 19.6 Å². The molecule has 94 valence electrons. The van der Waals surface area contributed by atoms with Crippen molar-refractivity contribution in [2.45, 2.75) is 13.3 Å². The molecule has 1 aromatic rings. The van der Waals surface area contributed by atoms with Gasteiger partial charge in [-0.15, -0.1) is 0 Å². The second kappa shape index (κ2) is 6.49. The minimum Gasteiger partial charge on any atom is -0.493 e. The number of benzene rings is 1. The molecule has 0 spiro atoms. The first-order valence-corrected chi connectivity index (χ1v) is 6.02. The third-order valence-electron chi connectivity index (χ3n) is 2.22. The topological polar surface area (TPSA) is 51.5 Å². The molecule has 0 heterocycles. The quantitative estimate of drug-likeness (QED) is 0.672. The fourth-order valence-corrected chi connectivity index (χ4v) is 1.89. The van der Waals surface area contributed by atoms with Crippen molar-refractivity contribution in [1.29, 1.82) is 5.41 Å². The Kier molecular flexibility index (Phi) is 5.28. The van der Waals surface area contributed by atoms with Crippen molar-refractivity contribution in [2.24, 2.45) is 0 Å². The molecule has 0 aliphatic heterocycles. The lowest BCUT2D eigenvalue weighted by molar-refractivity contribution is 0.316. The molecule has 5 heteroatoms. The first-order chi connectivity index (χ1) is 8.12. The number of ether oxygens (including phenoxy) is 3. The molecule has 0 aromatic heterocycles. The molecule has 0 atom stereocenters. The fourth-order valence-electron chi connectivity index (χ4n) is 1.43. The molecular formula is C12H16BrNO3. The van der Waals surface area contributed by atoms with E-state index in [-0.39, 0.29) is 5.90 Å². The largest absolute Gasteiger partial charge is 0.493 e. The highest BCUT2D eigenvalue weighted by Crippen LogP contribution is 2.33. The van der Waals surface area contributed by atoms with Crippen LogP contribution in [0.2, 0.25) is 0 Å². The molecule has 0 unspecified atom stereocenters. The normalized spacial score (nSPS) is 9.88. The van der Waals surface area contributed by atoms with Crippen molar-refractivity contribution in [2.75, 3.05) is 20.8 Å². The summed E-state index contributed by atoms with van der Waals surface area (Å²) in [6.07, 6.45) is 0.425. The van der Waals surface area contributed by atoms with E-state index >= 15 is 0 Å². The van der Waals surface area contributed by atoms with Crippen LogP contribution in [-0.2, 0) is 11.2 Å². The van der Waals surface area contributed by atoms with Crippen LogP contribution in [0.15, 0.2) is 16.6 Å². The lowest BCUT2D eigenvalue weighted by Gasteiger charge is -2.12. The second-order valence-corrected chi connectivity index (χ2v) is 4.19. The molecule has 1 rings (SSSR count). The van der Waals surface area contributed by atoms with Gasteiger partial charge < -0.3 is 14.2 Å². The van der Waals surface area contributed by atoms with Crippen molar-refractivity contribution in [3.05, 3.63) is 22.2 Å². The molecule has 0 radical (unpaired) electrons. The molecule has 0 bridgehead atoms. The number of halogens is 1. The summed E-state index contributed by atoms with van der Waals surface area (Å²) in [6, 6.07) is 3.67. The maximum Gasteiger partial charge on any atom is 0.184 e. The summed E-state index contributed by atoms with van der Waals surface area (Å²) < 4.78 is 16.4. The number of methoxy groups -OCH3 is 2. The summed E-state index contributed by atoms with van der Waals surface area (Å²) >= 11 is 3.44. The molecule has 0 aliphatic rings. The SMILES string of the molecule is CCOC(=N)Cc1cc(OC)c(OC)cc1Br. The van der Waals surface area contributed by atoms with Crippen LogP contribution >= 0.6 is 15.9 Å². The van der Waals surface area contributed by atoms with Gasteiger partial charge in [0.25, 0.3) is 0 Å². The van der Waals surface area contributed by atoms with E-state index in [2.05, 4.69) is 15.9 Å². The van der Waals surface area contributed by atoms with Gasteiger partial charge in [0.05, 0.1) is 20.8 Å². The van der Waals surface area contributed by atoms with Crippen molar-refractivity contribution in [1.82, 2.24) is 0 Å². The highest BCUT2D eigenvalue weighted by atomic mass is 79.9. The van der Waals surface area contributed by atoms with Crippen molar-refractivity contribution in [3.8, 4) is 11.5 Å². The molecule has 1 N–H and O–H groups in total. The molecule has 17 heavy (non-hydrogen) atoms. The van der Waals surface area contributed by atoms with Crippen LogP contribution < -0.4 is 9.47 Å². The van der Waals surface area contributed by atoms with Gasteiger partial charge in [0.15, 0.2) is 17.4 Å². The van der Waals surface area contributed by atoms with Crippen LogP contribution in [0, 0.1) is 5.41 Å². The first kappa shape index (κ1) is 13.8. The number of nitrogens with one attached hydrogen (secondary N) is 1. The Morgan fingerprint density at radius 1 is 1.24 bits per heavy atom. The van der Waals surface area contributed by atoms with Crippen LogP contribution in [0.1, 0.15) is 12.5 Å². The van der Waals surface area contributed by atoms with E-state index in [9.17, 15) is 0 Å². The Bertz CT molecular complexity index is 407. The fraction of sp³-hybridized carbons (Fsp3) is 0.417. The minimum absolute atomic E-state index is 0.236. The highest BCUT2D eigenvalue weighted by molar-refractivity contribution is 9.10. The molecule has 0 saturated heterocycles. The van der Waals surface area contributed by atoms with Gasteiger partial charge in [0.2, 0.25) is 0 Å². The van der Waals surface area contributed by atoms with Crippen LogP contribution in [0.3, 0.4) is 0 Å². The monoisotopic (exact) mass is 301 g/mol. The number of hydrogen-bond donors (Lipinski definition) is 1. The van der Waals surface area contributed by atoms with E-state index in [1.165, 1.54) is 0 Å². The third kappa shape index (κ3) is 3.63. The van der Waals surface area contributed by atoms with E-state index in [1.54, 1.807) is 14.2 Å². The van der Waals surface area contributed by atoms with Crippen LogP contribution in [0.5, 0.6) is 11.5 Å². The summed E-state index contributed by atoms with van der Waals surface area (Å²) in [7, 11) is 3.18. The molecule has 4 nitrogen and oxygen atoms in total. The van der Waals surface area contributed by atoms with E-state index < -0.39 is 0 Å². The van der Waals surface area contributed by atoms with Gasteiger partial charge in [-0.1, -0.05) is 15.9 Å². The van der Waals surface area contributed by atoms with Gasteiger partial charge in [-0.25, -0.2) is 0 Å². The highest BCUT2D eigenvalue weighted by Gasteiger charge is 2.11. The lowest BCUT2D eigenvalue weighted by atomic mass is 10.1. The summed E-state index contributed by atoms with van der Waals surface area (Å²) in [5, 5.41) is 7.63. The number of rotatable bonds is 5. The maximum absolute atomic E-state index is 7.63. The maximum atomic E-state index is 7.63. The Morgan fingerprint density at radius 2 is 1.82 bits per heavy atom. The minimum atomic E-state index is 0.236. The van der Waals surface area contributed by atoms with Crippen LogP contribution in [0.4, 0.5) is 0 Å². The van der Waals surface area contributed by atoms with Gasteiger partial charge in [-0.2, -0.15) is 0 Å². The van der Waals surface area contributed by atoms with Gasteiger partial charge in [0.1, 0.15) is 0 Å². The standard InChI is InChI=1S/C12H16BrNO3/c1-4-17-12(14)6-8-5-10(15-2)11(16-3)7-9(8)13/h5,7,14H,4,6H2,1-3H3. The smallest absolute Gasteiger partial charge is 0.184 e. The average molecular weight is 302 g/mol. The van der Waals surface area contributed by atoms with Gasteiger partial charge in [0, 0.05) is 10.9 Å². The summed E-state index contributed by atoms with van der Waals surface area (Å²) in [6.45, 7) is 2.36. The first-order valence-electron chi connectivity index (χ1n) is 5.23. The van der Waals surface area contributed by atoms with E-state index in [0.717, 1.165) is 10.0 Å². The Labute approximate surface area is 110 Å². The average Bonchev–Trinajstić information content (AvgIpc) is 2.31. The molecular weight excluding hydrogens is 286 g/mol. The van der Waals surface area contributed by atoms with E-state index in [0.29, 0.717) is 24.5 Å².